The van der Waals surface area contributed by atoms with Crippen LogP contribution in [-0.2, 0) is 4.79 Å². The number of carbonyl (C=O) groups is 2. The predicted molar refractivity (Wildman–Crippen MR) is 141 cm³/mol. The molecule has 2 fully saturated rings. The van der Waals surface area contributed by atoms with E-state index in [0.717, 1.165) is 42.9 Å². The maximum Gasteiger partial charge on any atom is 0.254 e. The van der Waals surface area contributed by atoms with Crippen LogP contribution in [0, 0.1) is 5.92 Å². The Bertz CT molecular complexity index is 1200. The van der Waals surface area contributed by atoms with Crippen molar-refractivity contribution in [3.63, 3.8) is 0 Å². The van der Waals surface area contributed by atoms with Gasteiger partial charge in [-0.2, -0.15) is 0 Å². The van der Waals surface area contributed by atoms with Crippen LogP contribution in [0.5, 0.6) is 0 Å². The summed E-state index contributed by atoms with van der Waals surface area (Å²) in [5, 5.41) is 9.47. The minimum atomic E-state index is -0.0683. The standard InChI is InChI=1S/C28H30ClN5O2/c29-24-10-5-4-9-23(24)25-13-14-26(31-30-25)32-15-6-16-33(18-17-32)27(35)20-34(19-21-11-12-21)28(36)22-7-2-1-3-8-22/h1-5,7-10,13-14,21H,6,11-12,15-20H2. The Morgan fingerprint density at radius 2 is 1.67 bits per heavy atom. The van der Waals surface area contributed by atoms with Gasteiger partial charge in [-0.3, -0.25) is 9.59 Å². The molecule has 2 amide bonds. The molecular formula is C28H30ClN5O2. The van der Waals surface area contributed by atoms with Gasteiger partial charge in [-0.1, -0.05) is 48.0 Å². The maximum absolute atomic E-state index is 13.2. The van der Waals surface area contributed by atoms with Crippen LogP contribution >= 0.6 is 11.6 Å². The lowest BCUT2D eigenvalue weighted by atomic mass is 10.1. The van der Waals surface area contributed by atoms with Crippen molar-refractivity contribution in [3.05, 3.63) is 77.3 Å². The zero-order valence-corrected chi connectivity index (χ0v) is 21.0. The topological polar surface area (TPSA) is 69.6 Å². The number of amides is 2. The first-order chi connectivity index (χ1) is 17.6. The summed E-state index contributed by atoms with van der Waals surface area (Å²) < 4.78 is 0. The highest BCUT2D eigenvalue weighted by molar-refractivity contribution is 6.33. The fourth-order valence-electron chi connectivity index (χ4n) is 4.56. The molecule has 3 aromatic rings. The highest BCUT2D eigenvalue weighted by atomic mass is 35.5. The van der Waals surface area contributed by atoms with Crippen molar-refractivity contribution in [3.8, 4) is 11.3 Å². The van der Waals surface area contributed by atoms with Crippen molar-refractivity contribution in [2.75, 3.05) is 44.2 Å². The minimum Gasteiger partial charge on any atom is -0.353 e. The number of hydrogen-bond acceptors (Lipinski definition) is 5. The minimum absolute atomic E-state index is 0.00179. The second-order valence-corrected chi connectivity index (χ2v) is 9.88. The molecule has 2 aromatic carbocycles. The van der Waals surface area contributed by atoms with E-state index < -0.39 is 0 Å². The van der Waals surface area contributed by atoms with Gasteiger partial charge in [0, 0.05) is 43.9 Å². The van der Waals surface area contributed by atoms with E-state index in [0.29, 0.717) is 42.7 Å². The van der Waals surface area contributed by atoms with Crippen LogP contribution in [0.1, 0.15) is 29.6 Å². The van der Waals surface area contributed by atoms with Crippen LogP contribution in [0.2, 0.25) is 5.02 Å². The third-order valence-corrected chi connectivity index (χ3v) is 7.11. The molecule has 0 spiro atoms. The first kappa shape index (κ1) is 24.3. The quantitative estimate of drug-likeness (QED) is 0.478. The average Bonchev–Trinajstić information content (AvgIpc) is 3.76. The second-order valence-electron chi connectivity index (χ2n) is 9.47. The van der Waals surface area contributed by atoms with Crippen LogP contribution < -0.4 is 4.90 Å². The number of rotatable bonds is 7. The average molecular weight is 504 g/mol. The highest BCUT2D eigenvalue weighted by Crippen LogP contribution is 2.30. The number of benzene rings is 2. The number of aromatic nitrogens is 2. The first-order valence-corrected chi connectivity index (χ1v) is 12.9. The molecular weight excluding hydrogens is 474 g/mol. The van der Waals surface area contributed by atoms with Gasteiger partial charge in [0.25, 0.3) is 5.91 Å². The fraction of sp³-hybridized carbons (Fsp3) is 0.357. The molecule has 1 aliphatic heterocycles. The number of halogens is 1. The van der Waals surface area contributed by atoms with Crippen LogP contribution in [0.25, 0.3) is 11.3 Å². The third kappa shape index (κ3) is 5.85. The van der Waals surface area contributed by atoms with E-state index >= 15 is 0 Å². The first-order valence-electron chi connectivity index (χ1n) is 12.5. The van der Waals surface area contributed by atoms with Crippen molar-refractivity contribution in [2.24, 2.45) is 5.92 Å². The van der Waals surface area contributed by atoms with Gasteiger partial charge < -0.3 is 14.7 Å². The van der Waals surface area contributed by atoms with Gasteiger partial charge in [0.2, 0.25) is 5.91 Å². The lowest BCUT2D eigenvalue weighted by Crippen LogP contribution is -2.45. The monoisotopic (exact) mass is 503 g/mol. The molecule has 0 unspecified atom stereocenters. The molecule has 1 aliphatic carbocycles. The zero-order chi connectivity index (χ0) is 24.9. The van der Waals surface area contributed by atoms with E-state index in [1.54, 1.807) is 4.90 Å². The van der Waals surface area contributed by atoms with Crippen LogP contribution in [0.4, 0.5) is 5.82 Å². The van der Waals surface area contributed by atoms with Gasteiger partial charge in [0.15, 0.2) is 5.82 Å². The van der Waals surface area contributed by atoms with Crippen LogP contribution in [0.3, 0.4) is 0 Å². The number of anilines is 1. The maximum atomic E-state index is 13.2. The highest BCUT2D eigenvalue weighted by Gasteiger charge is 2.30. The Morgan fingerprint density at radius 3 is 2.39 bits per heavy atom. The molecule has 0 atom stereocenters. The lowest BCUT2D eigenvalue weighted by molar-refractivity contribution is -0.131. The summed E-state index contributed by atoms with van der Waals surface area (Å²) in [6.07, 6.45) is 3.08. The molecule has 0 radical (unpaired) electrons. The molecule has 186 valence electrons. The Hall–Kier alpha value is -3.45. The van der Waals surface area contributed by atoms with Crippen molar-refractivity contribution < 1.29 is 9.59 Å². The van der Waals surface area contributed by atoms with Gasteiger partial charge in [0.05, 0.1) is 10.7 Å². The number of carbonyl (C=O) groups excluding carboxylic acids is 2. The van der Waals surface area contributed by atoms with Crippen molar-refractivity contribution in [1.29, 1.82) is 0 Å². The molecule has 5 rings (SSSR count). The summed E-state index contributed by atoms with van der Waals surface area (Å²) in [7, 11) is 0. The summed E-state index contributed by atoms with van der Waals surface area (Å²) in [6.45, 7) is 3.48. The van der Waals surface area contributed by atoms with E-state index in [1.807, 2.05) is 71.6 Å². The van der Waals surface area contributed by atoms with Gasteiger partial charge >= 0.3 is 0 Å². The molecule has 0 bridgehead atoms. The second kappa shape index (κ2) is 11.1. The smallest absolute Gasteiger partial charge is 0.254 e. The van der Waals surface area contributed by atoms with Crippen LogP contribution in [0.15, 0.2) is 66.7 Å². The zero-order valence-electron chi connectivity index (χ0n) is 20.2. The van der Waals surface area contributed by atoms with E-state index in [2.05, 4.69) is 15.1 Å². The normalized spacial score (nSPS) is 15.9. The fourth-order valence-corrected chi connectivity index (χ4v) is 4.79. The number of nitrogens with zero attached hydrogens (tertiary/aromatic N) is 5. The molecule has 8 heteroatoms. The summed E-state index contributed by atoms with van der Waals surface area (Å²) in [5.41, 5.74) is 2.22. The molecule has 1 saturated heterocycles. The Morgan fingerprint density at radius 1 is 0.889 bits per heavy atom. The Balaban J connectivity index is 1.21. The molecule has 1 saturated carbocycles. The Kier molecular flexibility index (Phi) is 7.47. The van der Waals surface area contributed by atoms with E-state index in [1.165, 1.54) is 0 Å². The molecule has 36 heavy (non-hydrogen) atoms. The summed E-state index contributed by atoms with van der Waals surface area (Å²) in [6, 6.07) is 20.7. The van der Waals surface area contributed by atoms with E-state index in [9.17, 15) is 9.59 Å². The van der Waals surface area contributed by atoms with Crippen LogP contribution in [-0.4, -0.2) is 71.1 Å². The van der Waals surface area contributed by atoms with Crippen molar-refractivity contribution in [1.82, 2.24) is 20.0 Å². The molecule has 2 heterocycles. The van der Waals surface area contributed by atoms with E-state index in [4.69, 9.17) is 11.6 Å². The van der Waals surface area contributed by atoms with Gasteiger partial charge in [-0.25, -0.2) is 0 Å². The van der Waals surface area contributed by atoms with E-state index in [-0.39, 0.29) is 18.4 Å². The summed E-state index contributed by atoms with van der Waals surface area (Å²) in [5.74, 6) is 1.23. The number of hydrogen-bond donors (Lipinski definition) is 0. The van der Waals surface area contributed by atoms with Crippen molar-refractivity contribution >= 4 is 29.2 Å². The SMILES string of the molecule is O=C(CN(CC1CC1)C(=O)c1ccccc1)N1CCCN(c2ccc(-c3ccccc3Cl)nn2)CC1. The summed E-state index contributed by atoms with van der Waals surface area (Å²) in [4.78, 5) is 32.1. The van der Waals surface area contributed by atoms with Gasteiger partial charge in [0.1, 0.15) is 6.54 Å². The third-order valence-electron chi connectivity index (χ3n) is 6.78. The van der Waals surface area contributed by atoms with Crippen molar-refractivity contribution in [2.45, 2.75) is 19.3 Å². The molecule has 1 aromatic heterocycles. The van der Waals surface area contributed by atoms with Gasteiger partial charge in [-0.05, 0) is 55.5 Å². The molecule has 0 N–H and O–H groups in total. The Labute approximate surface area is 216 Å². The largest absolute Gasteiger partial charge is 0.353 e. The predicted octanol–water partition coefficient (Wildman–Crippen LogP) is 4.39. The summed E-state index contributed by atoms with van der Waals surface area (Å²) >= 11 is 6.30. The molecule has 7 nitrogen and oxygen atoms in total. The van der Waals surface area contributed by atoms with Gasteiger partial charge in [-0.15, -0.1) is 10.2 Å². The lowest BCUT2D eigenvalue weighted by Gasteiger charge is -2.27. The molecule has 2 aliphatic rings.